The number of carbonyl (C=O) groups excluding carboxylic acids is 2. The molecule has 0 fully saturated rings. The fourth-order valence-corrected chi connectivity index (χ4v) is 1.27. The molecule has 0 aliphatic heterocycles. The van der Waals surface area contributed by atoms with E-state index in [2.05, 4.69) is 10.6 Å². The molecule has 1 heterocycles. The summed E-state index contributed by atoms with van der Waals surface area (Å²) in [5, 5.41) is 5.46. The summed E-state index contributed by atoms with van der Waals surface area (Å²) < 4.78 is 4.95. The molecule has 5 nitrogen and oxygen atoms in total. The zero-order valence-electron chi connectivity index (χ0n) is 11.2. The molecule has 5 heteroatoms. The van der Waals surface area contributed by atoms with E-state index in [0.29, 0.717) is 0 Å². The second kappa shape index (κ2) is 5.71. The van der Waals surface area contributed by atoms with Crippen LogP contribution < -0.4 is 10.6 Å². The van der Waals surface area contributed by atoms with E-state index in [1.54, 1.807) is 19.1 Å². The first-order chi connectivity index (χ1) is 8.35. The van der Waals surface area contributed by atoms with Gasteiger partial charge in [0.05, 0.1) is 6.26 Å². The molecule has 1 aromatic rings. The summed E-state index contributed by atoms with van der Waals surface area (Å²) in [5.74, 6) is -0.400. The monoisotopic (exact) mass is 252 g/mol. The smallest absolute Gasteiger partial charge is 0.287 e. The van der Waals surface area contributed by atoms with E-state index in [4.69, 9.17) is 4.42 Å². The standard InChI is InChI=1S/C13H20N2O3/c1-5-13(3,4)15-11(16)9(2)14-12(17)10-7-6-8-18-10/h6-9H,5H2,1-4H3,(H,14,17)(H,15,16). The Morgan fingerprint density at radius 1 is 1.44 bits per heavy atom. The lowest BCUT2D eigenvalue weighted by atomic mass is 10.0. The van der Waals surface area contributed by atoms with Crippen LogP contribution in [0.3, 0.4) is 0 Å². The molecule has 1 atom stereocenters. The Labute approximate surface area is 107 Å². The van der Waals surface area contributed by atoms with E-state index in [1.807, 2.05) is 20.8 Å². The molecular formula is C13H20N2O3. The number of carbonyl (C=O) groups is 2. The van der Waals surface area contributed by atoms with Gasteiger partial charge in [-0.05, 0) is 39.3 Å². The molecule has 0 saturated heterocycles. The highest BCUT2D eigenvalue weighted by Crippen LogP contribution is 2.07. The van der Waals surface area contributed by atoms with Crippen LogP contribution >= 0.6 is 0 Å². The van der Waals surface area contributed by atoms with Crippen molar-refractivity contribution in [1.82, 2.24) is 10.6 Å². The van der Waals surface area contributed by atoms with Crippen LogP contribution in [0.25, 0.3) is 0 Å². The number of furan rings is 1. The molecule has 0 spiro atoms. The van der Waals surface area contributed by atoms with Crippen molar-refractivity contribution in [3.63, 3.8) is 0 Å². The van der Waals surface area contributed by atoms with Crippen molar-refractivity contribution in [2.24, 2.45) is 0 Å². The highest BCUT2D eigenvalue weighted by atomic mass is 16.3. The second-order valence-electron chi connectivity index (χ2n) is 4.90. The van der Waals surface area contributed by atoms with E-state index in [9.17, 15) is 9.59 Å². The third kappa shape index (κ3) is 3.91. The minimum absolute atomic E-state index is 0.199. The van der Waals surface area contributed by atoms with Crippen molar-refractivity contribution in [1.29, 1.82) is 0 Å². The van der Waals surface area contributed by atoms with Gasteiger partial charge in [0.1, 0.15) is 6.04 Å². The number of rotatable bonds is 5. The van der Waals surface area contributed by atoms with Crippen molar-refractivity contribution in [3.8, 4) is 0 Å². The Bertz CT molecular complexity index is 410. The van der Waals surface area contributed by atoms with Crippen LogP contribution in [0.1, 0.15) is 44.7 Å². The molecule has 2 N–H and O–H groups in total. The number of hydrogen-bond acceptors (Lipinski definition) is 3. The molecular weight excluding hydrogens is 232 g/mol. The van der Waals surface area contributed by atoms with Gasteiger partial charge in [-0.15, -0.1) is 0 Å². The summed E-state index contributed by atoms with van der Waals surface area (Å²) in [6.45, 7) is 7.51. The molecule has 1 rings (SSSR count). The molecule has 2 amide bonds. The van der Waals surface area contributed by atoms with Gasteiger partial charge in [0.2, 0.25) is 5.91 Å². The summed E-state index contributed by atoms with van der Waals surface area (Å²) in [5.41, 5.74) is -0.277. The van der Waals surface area contributed by atoms with Gasteiger partial charge in [-0.2, -0.15) is 0 Å². The highest BCUT2D eigenvalue weighted by molar-refractivity contribution is 5.95. The Morgan fingerprint density at radius 2 is 2.11 bits per heavy atom. The maximum atomic E-state index is 11.9. The van der Waals surface area contributed by atoms with Crippen LogP contribution in [0.2, 0.25) is 0 Å². The fraction of sp³-hybridized carbons (Fsp3) is 0.538. The lowest BCUT2D eigenvalue weighted by Gasteiger charge is -2.26. The molecule has 0 aliphatic rings. The van der Waals surface area contributed by atoms with Crippen molar-refractivity contribution in [2.75, 3.05) is 0 Å². The lowest BCUT2D eigenvalue weighted by Crippen LogP contribution is -2.51. The van der Waals surface area contributed by atoms with E-state index in [0.717, 1.165) is 6.42 Å². The summed E-state index contributed by atoms with van der Waals surface area (Å²) in [4.78, 5) is 23.5. The zero-order chi connectivity index (χ0) is 13.8. The first-order valence-corrected chi connectivity index (χ1v) is 6.02. The molecule has 100 valence electrons. The van der Waals surface area contributed by atoms with Crippen LogP contribution in [0, 0.1) is 0 Å². The fourth-order valence-electron chi connectivity index (χ4n) is 1.27. The average molecular weight is 252 g/mol. The average Bonchev–Trinajstić information content (AvgIpc) is 2.81. The van der Waals surface area contributed by atoms with Gasteiger partial charge in [0.25, 0.3) is 5.91 Å². The van der Waals surface area contributed by atoms with E-state index in [1.165, 1.54) is 6.26 Å². The molecule has 18 heavy (non-hydrogen) atoms. The van der Waals surface area contributed by atoms with Gasteiger partial charge in [-0.1, -0.05) is 6.92 Å². The molecule has 0 saturated carbocycles. The first-order valence-electron chi connectivity index (χ1n) is 6.02. The predicted molar refractivity (Wildman–Crippen MR) is 68.1 cm³/mol. The highest BCUT2D eigenvalue weighted by Gasteiger charge is 2.23. The minimum Gasteiger partial charge on any atom is -0.459 e. The third-order valence-corrected chi connectivity index (χ3v) is 2.83. The summed E-state index contributed by atoms with van der Waals surface area (Å²) in [6, 6.07) is 2.57. The minimum atomic E-state index is -0.603. The van der Waals surface area contributed by atoms with Gasteiger partial charge >= 0.3 is 0 Å². The molecule has 0 radical (unpaired) electrons. The van der Waals surface area contributed by atoms with Gasteiger partial charge in [-0.3, -0.25) is 9.59 Å². The Hall–Kier alpha value is -1.78. The first kappa shape index (κ1) is 14.3. The lowest BCUT2D eigenvalue weighted by molar-refractivity contribution is -0.124. The molecule has 0 aromatic carbocycles. The second-order valence-corrected chi connectivity index (χ2v) is 4.90. The van der Waals surface area contributed by atoms with Gasteiger partial charge in [0.15, 0.2) is 5.76 Å². The number of hydrogen-bond donors (Lipinski definition) is 2. The number of amides is 2. The summed E-state index contributed by atoms with van der Waals surface area (Å²) in [7, 11) is 0. The molecule has 0 aliphatic carbocycles. The van der Waals surface area contributed by atoms with Crippen LogP contribution in [0.4, 0.5) is 0 Å². The van der Waals surface area contributed by atoms with Crippen molar-refractivity contribution >= 4 is 11.8 Å². The SMILES string of the molecule is CCC(C)(C)NC(=O)C(C)NC(=O)c1ccco1. The van der Waals surface area contributed by atoms with Crippen LogP contribution in [-0.2, 0) is 4.79 Å². The maximum absolute atomic E-state index is 11.9. The topological polar surface area (TPSA) is 71.3 Å². The van der Waals surface area contributed by atoms with Gasteiger partial charge in [-0.25, -0.2) is 0 Å². The predicted octanol–water partition coefficient (Wildman–Crippen LogP) is 1.70. The van der Waals surface area contributed by atoms with E-state index < -0.39 is 11.9 Å². The van der Waals surface area contributed by atoms with Gasteiger partial charge < -0.3 is 15.1 Å². The van der Waals surface area contributed by atoms with E-state index >= 15 is 0 Å². The third-order valence-electron chi connectivity index (χ3n) is 2.83. The number of nitrogens with one attached hydrogen (secondary N) is 2. The Morgan fingerprint density at radius 3 is 2.61 bits per heavy atom. The van der Waals surface area contributed by atoms with Crippen molar-refractivity contribution in [3.05, 3.63) is 24.2 Å². The molecule has 1 unspecified atom stereocenters. The Balaban J connectivity index is 2.53. The largest absolute Gasteiger partial charge is 0.459 e. The van der Waals surface area contributed by atoms with Crippen LogP contribution in [0.15, 0.2) is 22.8 Å². The van der Waals surface area contributed by atoms with E-state index in [-0.39, 0.29) is 17.2 Å². The Kier molecular flexibility index (Phi) is 4.53. The normalized spacial score (nSPS) is 12.9. The van der Waals surface area contributed by atoms with Crippen LogP contribution in [0.5, 0.6) is 0 Å². The summed E-state index contributed by atoms with van der Waals surface area (Å²) >= 11 is 0. The zero-order valence-corrected chi connectivity index (χ0v) is 11.2. The maximum Gasteiger partial charge on any atom is 0.287 e. The van der Waals surface area contributed by atoms with Gasteiger partial charge in [0, 0.05) is 5.54 Å². The van der Waals surface area contributed by atoms with Crippen molar-refractivity contribution in [2.45, 2.75) is 45.7 Å². The molecule has 0 bridgehead atoms. The summed E-state index contributed by atoms with van der Waals surface area (Å²) in [6.07, 6.45) is 2.23. The van der Waals surface area contributed by atoms with Crippen LogP contribution in [-0.4, -0.2) is 23.4 Å². The molecule has 1 aromatic heterocycles. The quantitative estimate of drug-likeness (QED) is 0.838. The van der Waals surface area contributed by atoms with Crippen molar-refractivity contribution < 1.29 is 14.0 Å².